The molecule has 0 aromatic heterocycles. The van der Waals surface area contributed by atoms with Gasteiger partial charge in [-0.15, -0.1) is 0 Å². The lowest BCUT2D eigenvalue weighted by Gasteiger charge is -2.43. The van der Waals surface area contributed by atoms with Crippen LogP contribution in [-0.4, -0.2) is 0 Å². The van der Waals surface area contributed by atoms with Gasteiger partial charge in [0.05, 0.1) is 0 Å². The van der Waals surface area contributed by atoms with E-state index in [1.807, 2.05) is 13.8 Å². The molecule has 0 heterocycles. The van der Waals surface area contributed by atoms with Crippen molar-refractivity contribution < 1.29 is 0 Å². The van der Waals surface area contributed by atoms with E-state index in [1.165, 1.54) is 22.3 Å². The quantitative estimate of drug-likeness (QED) is 0.410. The molecule has 31 heavy (non-hydrogen) atoms. The van der Waals surface area contributed by atoms with Gasteiger partial charge in [-0.2, -0.15) is 0 Å². The van der Waals surface area contributed by atoms with Crippen LogP contribution >= 0.6 is 15.9 Å². The number of hydrogen-bond donors (Lipinski definition) is 0. The van der Waals surface area contributed by atoms with Gasteiger partial charge in [-0.25, -0.2) is 0 Å². The largest absolute Gasteiger partial charge is 0.0911 e. The van der Waals surface area contributed by atoms with Gasteiger partial charge in [-0.3, -0.25) is 0 Å². The van der Waals surface area contributed by atoms with E-state index in [4.69, 9.17) is 0 Å². The molecule has 0 nitrogen and oxygen atoms in total. The maximum absolute atomic E-state index is 4.40. The minimum absolute atomic E-state index is 0.224. The van der Waals surface area contributed by atoms with Gasteiger partial charge in [-0.1, -0.05) is 146 Å². The van der Waals surface area contributed by atoms with Crippen molar-refractivity contribution in [3.05, 3.63) is 137 Å². The van der Waals surface area contributed by atoms with E-state index in [9.17, 15) is 0 Å². The van der Waals surface area contributed by atoms with E-state index in [2.05, 4.69) is 133 Å². The summed E-state index contributed by atoms with van der Waals surface area (Å²) < 4.78 is 1.08. The Kier molecular flexibility index (Phi) is 7.87. The smallest absolute Gasteiger partial charge is 0.0483 e. The number of hydrogen-bond acceptors (Lipinski definition) is 0. The van der Waals surface area contributed by atoms with Crippen molar-refractivity contribution >= 4 is 21.5 Å². The molecule has 2 aromatic carbocycles. The summed E-state index contributed by atoms with van der Waals surface area (Å²) in [5, 5.41) is 0. The number of allylic oxidation sites excluding steroid dienone is 11. The average Bonchev–Trinajstić information content (AvgIpc) is 3.08. The van der Waals surface area contributed by atoms with Crippen LogP contribution in [0.25, 0.3) is 5.57 Å². The minimum atomic E-state index is -0.301. The van der Waals surface area contributed by atoms with Crippen molar-refractivity contribution in [3.63, 3.8) is 0 Å². The van der Waals surface area contributed by atoms with Crippen LogP contribution in [-0.2, 0) is 5.41 Å². The van der Waals surface area contributed by atoms with Crippen LogP contribution in [0.4, 0.5) is 0 Å². The molecule has 2 aromatic rings. The van der Waals surface area contributed by atoms with E-state index < -0.39 is 0 Å². The van der Waals surface area contributed by atoms with Crippen molar-refractivity contribution in [2.24, 2.45) is 5.92 Å². The first-order valence-corrected chi connectivity index (χ1v) is 11.9. The Morgan fingerprint density at radius 1 is 0.903 bits per heavy atom. The van der Waals surface area contributed by atoms with Crippen LogP contribution in [0, 0.1) is 5.92 Å². The van der Waals surface area contributed by atoms with Gasteiger partial charge in [0.1, 0.15) is 0 Å². The molecule has 0 amide bonds. The predicted molar refractivity (Wildman–Crippen MR) is 140 cm³/mol. The highest BCUT2D eigenvalue weighted by Crippen LogP contribution is 2.50. The lowest BCUT2D eigenvalue weighted by molar-refractivity contribution is 0.464. The standard InChI is InChI=1S/C28H25Br.C2H6/c1-21-18-19-25(29)20-22(2)28(24-14-8-5-9-15-24,23-12-6-3-4-7-13-23)27-17-11-10-16-26(21)27;1-2/h3-12,14-20,22H,1,13H2,2H3;1-2H3/b19-18-,25-20+;. The Bertz CT molecular complexity index is 1060. The molecule has 0 saturated carbocycles. The van der Waals surface area contributed by atoms with Gasteiger partial charge in [0, 0.05) is 9.90 Å². The summed E-state index contributed by atoms with van der Waals surface area (Å²) >= 11 is 3.77. The van der Waals surface area contributed by atoms with Gasteiger partial charge in [-0.05, 0) is 40.7 Å². The molecule has 2 aliphatic carbocycles. The molecule has 0 fully saturated rings. The third-order valence-electron chi connectivity index (χ3n) is 5.96. The fraction of sp³-hybridized carbons (Fsp3) is 0.200. The molecule has 2 unspecified atom stereocenters. The first-order valence-electron chi connectivity index (χ1n) is 11.1. The summed E-state index contributed by atoms with van der Waals surface area (Å²) in [6.07, 6.45) is 18.4. The Hall–Kier alpha value is -2.64. The second-order valence-electron chi connectivity index (χ2n) is 7.63. The van der Waals surface area contributed by atoms with E-state index in [-0.39, 0.29) is 11.3 Å². The molecule has 2 atom stereocenters. The van der Waals surface area contributed by atoms with Gasteiger partial charge in [0.2, 0.25) is 0 Å². The molecule has 158 valence electrons. The monoisotopic (exact) mass is 470 g/mol. The highest BCUT2D eigenvalue weighted by atomic mass is 79.9. The Balaban J connectivity index is 0.00000132. The van der Waals surface area contributed by atoms with Crippen molar-refractivity contribution in [1.82, 2.24) is 0 Å². The molecule has 2 aliphatic rings. The molecular formula is C30H31Br. The molecule has 0 saturated heterocycles. The zero-order valence-electron chi connectivity index (χ0n) is 18.7. The maximum atomic E-state index is 4.40. The van der Waals surface area contributed by atoms with Crippen molar-refractivity contribution in [3.8, 4) is 0 Å². The molecule has 0 spiro atoms. The van der Waals surface area contributed by atoms with Gasteiger partial charge < -0.3 is 0 Å². The molecule has 0 bridgehead atoms. The van der Waals surface area contributed by atoms with Crippen LogP contribution in [0.1, 0.15) is 43.9 Å². The third-order valence-corrected chi connectivity index (χ3v) is 6.49. The number of halogens is 1. The zero-order chi connectivity index (χ0) is 22.3. The zero-order valence-corrected chi connectivity index (χ0v) is 20.3. The van der Waals surface area contributed by atoms with Gasteiger partial charge in [0.15, 0.2) is 0 Å². The average molecular weight is 471 g/mol. The van der Waals surface area contributed by atoms with Crippen LogP contribution in [0.3, 0.4) is 0 Å². The first kappa shape index (κ1) is 23.0. The summed E-state index contributed by atoms with van der Waals surface area (Å²) in [7, 11) is 0. The van der Waals surface area contributed by atoms with E-state index in [0.717, 1.165) is 16.5 Å². The SMILES string of the molecule is C=C1/C=C\C(Br)=C/C(C)C(C2=CC=CC=CC2)(c2ccccc2)c2ccccc21.CC. The van der Waals surface area contributed by atoms with Gasteiger partial charge in [0.25, 0.3) is 0 Å². The van der Waals surface area contributed by atoms with Crippen molar-refractivity contribution in [1.29, 1.82) is 0 Å². The van der Waals surface area contributed by atoms with Crippen LogP contribution in [0.15, 0.2) is 120 Å². The lowest BCUT2D eigenvalue weighted by atomic mass is 9.59. The van der Waals surface area contributed by atoms with Crippen molar-refractivity contribution in [2.75, 3.05) is 0 Å². The maximum Gasteiger partial charge on any atom is 0.0483 e. The highest BCUT2D eigenvalue weighted by Gasteiger charge is 2.43. The van der Waals surface area contributed by atoms with Gasteiger partial charge >= 0.3 is 0 Å². The van der Waals surface area contributed by atoms with Crippen LogP contribution < -0.4 is 0 Å². The second kappa shape index (κ2) is 10.6. The summed E-state index contributed by atoms with van der Waals surface area (Å²) in [5.74, 6) is 0.224. The Morgan fingerprint density at radius 3 is 2.39 bits per heavy atom. The lowest BCUT2D eigenvalue weighted by Crippen LogP contribution is -2.37. The normalized spacial score (nSPS) is 25.3. The predicted octanol–water partition coefficient (Wildman–Crippen LogP) is 8.94. The minimum Gasteiger partial charge on any atom is -0.0911 e. The van der Waals surface area contributed by atoms with E-state index in [1.54, 1.807) is 0 Å². The molecule has 1 heteroatoms. The molecule has 4 rings (SSSR count). The molecule has 0 aliphatic heterocycles. The number of benzene rings is 2. The molecule has 0 radical (unpaired) electrons. The topological polar surface area (TPSA) is 0 Å². The van der Waals surface area contributed by atoms with E-state index >= 15 is 0 Å². The number of rotatable bonds is 2. The third kappa shape index (κ3) is 4.52. The summed E-state index contributed by atoms with van der Waals surface area (Å²) in [4.78, 5) is 0. The van der Waals surface area contributed by atoms with Crippen molar-refractivity contribution in [2.45, 2.75) is 32.6 Å². The Labute approximate surface area is 196 Å². The van der Waals surface area contributed by atoms with Crippen LogP contribution in [0.2, 0.25) is 0 Å². The summed E-state index contributed by atoms with van der Waals surface area (Å²) in [6.45, 7) is 10.7. The van der Waals surface area contributed by atoms with Crippen LogP contribution in [0.5, 0.6) is 0 Å². The highest BCUT2D eigenvalue weighted by molar-refractivity contribution is 9.11. The fourth-order valence-corrected chi connectivity index (χ4v) is 5.21. The fourth-order valence-electron chi connectivity index (χ4n) is 4.68. The molecule has 0 N–H and O–H groups in total. The van der Waals surface area contributed by atoms with E-state index in [0.29, 0.717) is 0 Å². The summed E-state index contributed by atoms with van der Waals surface area (Å²) in [5.41, 5.74) is 5.93. The second-order valence-corrected chi connectivity index (χ2v) is 8.54. The summed E-state index contributed by atoms with van der Waals surface area (Å²) in [6, 6.07) is 19.7. The molecular weight excluding hydrogens is 440 g/mol. The first-order chi connectivity index (χ1) is 15.1. The number of fused-ring (bicyclic) bond motifs is 1. The Morgan fingerprint density at radius 2 is 1.61 bits per heavy atom.